The van der Waals surface area contributed by atoms with E-state index in [1.165, 1.54) is 4.90 Å². The van der Waals surface area contributed by atoms with Gasteiger partial charge in [-0.1, -0.05) is 0 Å². The summed E-state index contributed by atoms with van der Waals surface area (Å²) in [6.07, 6.45) is 2.58. The van der Waals surface area contributed by atoms with Crippen LogP contribution >= 0.6 is 15.9 Å². The Morgan fingerprint density at radius 1 is 1.35 bits per heavy atom. The van der Waals surface area contributed by atoms with Crippen LogP contribution in [0.3, 0.4) is 0 Å². The predicted molar refractivity (Wildman–Crippen MR) is 102 cm³/mol. The van der Waals surface area contributed by atoms with E-state index in [4.69, 9.17) is 9.84 Å². The summed E-state index contributed by atoms with van der Waals surface area (Å²) in [5.41, 5.74) is 1.68. The van der Waals surface area contributed by atoms with Gasteiger partial charge in [-0.25, -0.2) is 14.8 Å². The molecule has 1 fully saturated rings. The number of hydrogen-bond donors (Lipinski definition) is 2. The van der Waals surface area contributed by atoms with E-state index >= 15 is 0 Å². The molecular formula is C17H20BrN5O3. The average Bonchev–Trinajstić information content (AvgIpc) is 2.62. The number of methoxy groups -OCH3 is 1. The highest BCUT2D eigenvalue weighted by molar-refractivity contribution is 9.10. The van der Waals surface area contributed by atoms with Crippen molar-refractivity contribution in [2.75, 3.05) is 37.0 Å². The molecule has 1 aliphatic heterocycles. The zero-order valence-corrected chi connectivity index (χ0v) is 16.1. The van der Waals surface area contributed by atoms with Crippen molar-refractivity contribution in [3.05, 3.63) is 35.1 Å². The van der Waals surface area contributed by atoms with Gasteiger partial charge in [0.15, 0.2) is 0 Å². The number of nitrogens with zero attached hydrogens (tertiary/aromatic N) is 4. The molecule has 138 valence electrons. The monoisotopic (exact) mass is 421 g/mol. The lowest BCUT2D eigenvalue weighted by Gasteiger charge is -2.39. The number of amides is 1. The summed E-state index contributed by atoms with van der Waals surface area (Å²) >= 11 is 3.39. The molecule has 0 bridgehead atoms. The number of ether oxygens (including phenoxy) is 1. The quantitative estimate of drug-likeness (QED) is 0.782. The molecule has 0 aliphatic carbocycles. The van der Waals surface area contributed by atoms with E-state index < -0.39 is 6.09 Å². The maximum absolute atomic E-state index is 11.1. The van der Waals surface area contributed by atoms with Crippen molar-refractivity contribution in [2.24, 2.45) is 0 Å². The molecule has 2 N–H and O–H groups in total. The van der Waals surface area contributed by atoms with E-state index in [2.05, 4.69) is 36.1 Å². The van der Waals surface area contributed by atoms with Crippen LogP contribution in [0.15, 0.2) is 35.1 Å². The van der Waals surface area contributed by atoms with Crippen molar-refractivity contribution >= 4 is 39.2 Å². The van der Waals surface area contributed by atoms with Gasteiger partial charge in [0, 0.05) is 36.3 Å². The Kier molecular flexibility index (Phi) is 5.46. The largest absolute Gasteiger partial charge is 0.480 e. The summed E-state index contributed by atoms with van der Waals surface area (Å²) < 4.78 is 6.09. The minimum Gasteiger partial charge on any atom is -0.480 e. The molecule has 0 aromatic carbocycles. The number of aromatic nitrogens is 2. The Labute approximate surface area is 159 Å². The number of piperazine rings is 1. The number of halogens is 1. The number of pyridine rings is 2. The molecule has 2 aromatic heterocycles. The van der Waals surface area contributed by atoms with Gasteiger partial charge in [-0.2, -0.15) is 0 Å². The molecule has 1 amide bonds. The van der Waals surface area contributed by atoms with Gasteiger partial charge >= 0.3 is 6.09 Å². The maximum atomic E-state index is 11.1. The minimum absolute atomic E-state index is 0.0924. The second-order valence-electron chi connectivity index (χ2n) is 6.01. The Balaban J connectivity index is 1.71. The molecule has 1 saturated heterocycles. The topological polar surface area (TPSA) is 90.8 Å². The lowest BCUT2D eigenvalue weighted by molar-refractivity contribution is 0.136. The first kappa shape index (κ1) is 18.2. The molecule has 1 atom stereocenters. The first-order valence-corrected chi connectivity index (χ1v) is 8.94. The number of nitrogens with one attached hydrogen (secondary N) is 1. The van der Waals surface area contributed by atoms with Crippen LogP contribution in [0.5, 0.6) is 5.88 Å². The van der Waals surface area contributed by atoms with Crippen LogP contribution in [-0.4, -0.2) is 58.9 Å². The molecule has 3 rings (SSSR count). The van der Waals surface area contributed by atoms with Gasteiger partial charge in [0.05, 0.1) is 19.0 Å². The van der Waals surface area contributed by atoms with E-state index in [0.717, 1.165) is 10.2 Å². The Morgan fingerprint density at radius 2 is 2.15 bits per heavy atom. The van der Waals surface area contributed by atoms with Crippen molar-refractivity contribution in [1.29, 1.82) is 0 Å². The van der Waals surface area contributed by atoms with Crippen LogP contribution in [-0.2, 0) is 0 Å². The highest BCUT2D eigenvalue weighted by Gasteiger charge is 2.26. The molecule has 0 spiro atoms. The molecule has 8 nitrogen and oxygen atoms in total. The third-order valence-corrected chi connectivity index (χ3v) is 4.69. The fraction of sp³-hybridized carbons (Fsp3) is 0.353. The zero-order valence-electron chi connectivity index (χ0n) is 14.5. The fourth-order valence-corrected chi connectivity index (χ4v) is 3.29. The van der Waals surface area contributed by atoms with Crippen molar-refractivity contribution < 1.29 is 14.6 Å². The minimum atomic E-state index is -0.870. The molecule has 1 aliphatic rings. The molecule has 0 radical (unpaired) electrons. The predicted octanol–water partition coefficient (Wildman–Crippen LogP) is 3.18. The summed E-state index contributed by atoms with van der Waals surface area (Å²) in [5.74, 6) is 1.15. The number of anilines is 3. The third kappa shape index (κ3) is 3.98. The molecule has 1 unspecified atom stereocenters. The molecule has 2 aromatic rings. The zero-order chi connectivity index (χ0) is 18.7. The Hall–Kier alpha value is -2.55. The Morgan fingerprint density at radius 3 is 2.77 bits per heavy atom. The van der Waals surface area contributed by atoms with Crippen LogP contribution in [0.4, 0.5) is 22.0 Å². The number of rotatable bonds is 4. The lowest BCUT2D eigenvalue weighted by Crippen LogP contribution is -2.53. The summed E-state index contributed by atoms with van der Waals surface area (Å²) in [7, 11) is 1.57. The SMILES string of the molecule is COc1ncc(Br)cc1Nc1ccc(N2CCN(C(=O)O)CC2C)cn1. The Bertz CT molecular complexity index is 786. The fourth-order valence-electron chi connectivity index (χ4n) is 2.96. The number of hydrogen-bond acceptors (Lipinski definition) is 6. The van der Waals surface area contributed by atoms with Crippen LogP contribution in [0.2, 0.25) is 0 Å². The van der Waals surface area contributed by atoms with E-state index in [9.17, 15) is 4.79 Å². The van der Waals surface area contributed by atoms with Crippen LogP contribution in [0, 0.1) is 0 Å². The van der Waals surface area contributed by atoms with Gasteiger partial charge in [0.2, 0.25) is 5.88 Å². The molecular weight excluding hydrogens is 402 g/mol. The van der Waals surface area contributed by atoms with Gasteiger partial charge in [0.1, 0.15) is 11.5 Å². The second-order valence-corrected chi connectivity index (χ2v) is 6.92. The molecule has 26 heavy (non-hydrogen) atoms. The van der Waals surface area contributed by atoms with E-state index in [-0.39, 0.29) is 6.04 Å². The van der Waals surface area contributed by atoms with Gasteiger partial charge in [-0.05, 0) is 41.1 Å². The van der Waals surface area contributed by atoms with E-state index in [1.54, 1.807) is 19.5 Å². The smallest absolute Gasteiger partial charge is 0.407 e. The second kappa shape index (κ2) is 7.77. The lowest BCUT2D eigenvalue weighted by atomic mass is 10.2. The van der Waals surface area contributed by atoms with Crippen LogP contribution in [0.1, 0.15) is 6.92 Å². The van der Waals surface area contributed by atoms with Gasteiger partial charge in [0.25, 0.3) is 0 Å². The van der Waals surface area contributed by atoms with Gasteiger partial charge < -0.3 is 25.0 Å². The van der Waals surface area contributed by atoms with Crippen molar-refractivity contribution in [2.45, 2.75) is 13.0 Å². The first-order valence-electron chi connectivity index (χ1n) is 8.15. The summed E-state index contributed by atoms with van der Waals surface area (Å²) in [5, 5.41) is 12.3. The van der Waals surface area contributed by atoms with Crippen molar-refractivity contribution in [1.82, 2.24) is 14.9 Å². The number of carboxylic acid groups (broad SMARTS) is 1. The standard InChI is InChI=1S/C17H20BrN5O3/c1-11-10-22(17(24)25)5-6-23(11)13-3-4-15(19-9-13)21-14-7-12(18)8-20-16(14)26-2/h3-4,7-9,11H,5-6,10H2,1-2H3,(H,19,21)(H,24,25). The van der Waals surface area contributed by atoms with Gasteiger partial charge in [-0.15, -0.1) is 0 Å². The van der Waals surface area contributed by atoms with Crippen LogP contribution < -0.4 is 15.0 Å². The average molecular weight is 422 g/mol. The van der Waals surface area contributed by atoms with Gasteiger partial charge in [-0.3, -0.25) is 0 Å². The molecule has 3 heterocycles. The first-order chi connectivity index (χ1) is 12.5. The third-order valence-electron chi connectivity index (χ3n) is 4.25. The summed E-state index contributed by atoms with van der Waals surface area (Å²) in [4.78, 5) is 23.4. The van der Waals surface area contributed by atoms with Crippen LogP contribution in [0.25, 0.3) is 0 Å². The highest BCUT2D eigenvalue weighted by Crippen LogP contribution is 2.28. The van der Waals surface area contributed by atoms with E-state index in [1.807, 2.05) is 25.1 Å². The summed E-state index contributed by atoms with van der Waals surface area (Å²) in [6, 6.07) is 5.82. The van der Waals surface area contributed by atoms with Crippen molar-refractivity contribution in [3.8, 4) is 5.88 Å². The maximum Gasteiger partial charge on any atom is 0.407 e. The molecule has 9 heteroatoms. The summed E-state index contributed by atoms with van der Waals surface area (Å²) in [6.45, 7) is 3.63. The number of carbonyl (C=O) groups is 1. The van der Waals surface area contributed by atoms with E-state index in [0.29, 0.717) is 37.0 Å². The van der Waals surface area contributed by atoms with Crippen molar-refractivity contribution in [3.63, 3.8) is 0 Å². The highest BCUT2D eigenvalue weighted by atomic mass is 79.9. The normalized spacial score (nSPS) is 17.1. The molecule has 0 saturated carbocycles.